The van der Waals surface area contributed by atoms with Gasteiger partial charge in [-0.15, -0.1) is 11.8 Å². The largest absolute Gasteiger partial charge is 0.325 e. The molecule has 0 spiro atoms. The van der Waals surface area contributed by atoms with Gasteiger partial charge in [-0.05, 0) is 61.7 Å². The second kappa shape index (κ2) is 9.07. The van der Waals surface area contributed by atoms with Crippen molar-refractivity contribution in [3.05, 3.63) is 53.8 Å². The Morgan fingerprint density at radius 1 is 1.11 bits per heavy atom. The molecule has 1 heterocycles. The van der Waals surface area contributed by atoms with Gasteiger partial charge in [0.05, 0.1) is 10.6 Å². The Bertz CT molecular complexity index is 940. The zero-order chi connectivity index (χ0) is 20.1. The number of halogens is 1. The molecule has 1 saturated heterocycles. The average Bonchev–Trinajstić information content (AvgIpc) is 2.69. The lowest BCUT2D eigenvalue weighted by molar-refractivity contribution is -0.113. The lowest BCUT2D eigenvalue weighted by atomic mass is 10.2. The Morgan fingerprint density at radius 2 is 1.79 bits per heavy atom. The van der Waals surface area contributed by atoms with Crippen LogP contribution in [0.3, 0.4) is 0 Å². The van der Waals surface area contributed by atoms with E-state index in [1.807, 2.05) is 0 Å². The van der Waals surface area contributed by atoms with Crippen molar-refractivity contribution in [3.8, 4) is 0 Å². The summed E-state index contributed by atoms with van der Waals surface area (Å²) in [6.07, 6.45) is 2.79. The van der Waals surface area contributed by atoms with Crippen LogP contribution in [0.2, 0.25) is 0 Å². The summed E-state index contributed by atoms with van der Waals surface area (Å²) in [6.45, 7) is 2.83. The second-order valence-corrected chi connectivity index (χ2v) is 9.69. The zero-order valence-corrected chi connectivity index (χ0v) is 17.3. The van der Waals surface area contributed by atoms with Crippen molar-refractivity contribution >= 4 is 33.4 Å². The van der Waals surface area contributed by atoms with E-state index in [-0.39, 0.29) is 22.4 Å². The molecule has 0 aliphatic carbocycles. The maximum absolute atomic E-state index is 13.0. The van der Waals surface area contributed by atoms with Crippen molar-refractivity contribution < 1.29 is 17.6 Å². The number of amides is 1. The first-order valence-corrected chi connectivity index (χ1v) is 11.6. The maximum atomic E-state index is 13.0. The second-order valence-electron chi connectivity index (χ2n) is 6.74. The van der Waals surface area contributed by atoms with Gasteiger partial charge in [-0.25, -0.2) is 12.8 Å². The minimum Gasteiger partial charge on any atom is -0.325 e. The van der Waals surface area contributed by atoms with Gasteiger partial charge in [0, 0.05) is 23.7 Å². The third kappa shape index (κ3) is 5.12. The molecular weight excluding hydrogens is 399 g/mol. The molecule has 0 saturated carbocycles. The summed E-state index contributed by atoms with van der Waals surface area (Å²) >= 11 is 1.29. The first-order chi connectivity index (χ1) is 13.4. The van der Waals surface area contributed by atoms with E-state index in [2.05, 4.69) is 5.32 Å². The Kier molecular flexibility index (Phi) is 6.74. The lowest BCUT2D eigenvalue weighted by Crippen LogP contribution is -2.36. The van der Waals surface area contributed by atoms with Crippen LogP contribution in [0.25, 0.3) is 0 Å². The van der Waals surface area contributed by atoms with E-state index in [4.69, 9.17) is 0 Å². The molecular formula is C20H23FN2O3S2. The van der Waals surface area contributed by atoms with Crippen LogP contribution >= 0.6 is 11.8 Å². The molecule has 1 aliphatic heterocycles. The van der Waals surface area contributed by atoms with E-state index < -0.39 is 10.0 Å². The summed E-state index contributed by atoms with van der Waals surface area (Å²) in [4.78, 5) is 13.3. The first kappa shape index (κ1) is 20.8. The molecule has 0 radical (unpaired) electrons. The molecule has 0 bridgehead atoms. The van der Waals surface area contributed by atoms with Crippen LogP contribution < -0.4 is 5.32 Å². The molecule has 5 nitrogen and oxygen atoms in total. The van der Waals surface area contributed by atoms with Crippen molar-refractivity contribution in [2.24, 2.45) is 0 Å². The van der Waals surface area contributed by atoms with Crippen LogP contribution in [-0.2, 0) is 14.8 Å². The summed E-state index contributed by atoms with van der Waals surface area (Å²) < 4.78 is 40.4. The van der Waals surface area contributed by atoms with Gasteiger partial charge in [-0.2, -0.15) is 4.31 Å². The van der Waals surface area contributed by atoms with Crippen molar-refractivity contribution in [1.29, 1.82) is 0 Å². The number of rotatable bonds is 6. The molecule has 28 heavy (non-hydrogen) atoms. The van der Waals surface area contributed by atoms with Gasteiger partial charge in [0.25, 0.3) is 0 Å². The summed E-state index contributed by atoms with van der Waals surface area (Å²) in [5.41, 5.74) is 1.11. The molecule has 2 aromatic rings. The van der Waals surface area contributed by atoms with Crippen LogP contribution in [0, 0.1) is 12.7 Å². The number of carbonyl (C=O) groups excluding carboxylic acids is 1. The van der Waals surface area contributed by atoms with E-state index in [1.54, 1.807) is 31.2 Å². The van der Waals surface area contributed by atoms with Gasteiger partial charge < -0.3 is 5.32 Å². The highest BCUT2D eigenvalue weighted by atomic mass is 32.2. The molecule has 150 valence electrons. The number of piperidine rings is 1. The summed E-state index contributed by atoms with van der Waals surface area (Å²) in [5, 5.41) is 2.75. The number of anilines is 1. The van der Waals surface area contributed by atoms with Crippen LogP contribution in [-0.4, -0.2) is 37.5 Å². The third-order valence-corrected chi connectivity index (χ3v) is 7.64. The summed E-state index contributed by atoms with van der Waals surface area (Å²) in [5.74, 6) is -0.427. The Morgan fingerprint density at radius 3 is 2.46 bits per heavy atom. The number of nitrogens with one attached hydrogen (secondary N) is 1. The Hall–Kier alpha value is -1.90. The molecule has 8 heteroatoms. The van der Waals surface area contributed by atoms with E-state index >= 15 is 0 Å². The van der Waals surface area contributed by atoms with Gasteiger partial charge in [0.15, 0.2) is 0 Å². The fourth-order valence-corrected chi connectivity index (χ4v) is 5.54. The molecule has 1 aliphatic rings. The average molecular weight is 423 g/mol. The first-order valence-electron chi connectivity index (χ1n) is 9.15. The molecule has 3 rings (SSSR count). The minimum absolute atomic E-state index is 0.147. The van der Waals surface area contributed by atoms with Crippen molar-refractivity contribution in [3.63, 3.8) is 0 Å². The van der Waals surface area contributed by atoms with Crippen LogP contribution in [0.5, 0.6) is 0 Å². The van der Waals surface area contributed by atoms with E-state index in [0.29, 0.717) is 24.3 Å². The molecule has 0 unspecified atom stereocenters. The topological polar surface area (TPSA) is 66.5 Å². The predicted octanol–water partition coefficient (Wildman–Crippen LogP) is 4.04. The van der Waals surface area contributed by atoms with Crippen LogP contribution in [0.15, 0.2) is 52.3 Å². The number of hydrogen-bond donors (Lipinski definition) is 1. The van der Waals surface area contributed by atoms with E-state index in [9.17, 15) is 17.6 Å². The lowest BCUT2D eigenvalue weighted by Gasteiger charge is -2.26. The Balaban J connectivity index is 1.68. The predicted molar refractivity (Wildman–Crippen MR) is 110 cm³/mol. The van der Waals surface area contributed by atoms with Gasteiger partial charge >= 0.3 is 0 Å². The number of sulfonamides is 1. The van der Waals surface area contributed by atoms with Gasteiger partial charge in [-0.3, -0.25) is 4.79 Å². The Labute approximate surface area is 169 Å². The van der Waals surface area contributed by atoms with E-state index in [0.717, 1.165) is 24.2 Å². The van der Waals surface area contributed by atoms with Crippen molar-refractivity contribution in [2.45, 2.75) is 36.0 Å². The van der Waals surface area contributed by atoms with Gasteiger partial charge in [0.1, 0.15) is 5.82 Å². The third-order valence-electron chi connectivity index (χ3n) is 4.59. The highest BCUT2D eigenvalue weighted by Crippen LogP contribution is 2.26. The summed E-state index contributed by atoms with van der Waals surface area (Å²) in [7, 11) is -3.57. The van der Waals surface area contributed by atoms with E-state index in [1.165, 1.54) is 34.3 Å². The number of thioether (sulfide) groups is 1. The SMILES string of the molecule is Cc1ccc(NC(=O)CSc2ccc(F)cc2)cc1S(=O)(=O)N1CCCCC1. The number of benzene rings is 2. The number of hydrogen-bond acceptors (Lipinski definition) is 4. The van der Waals surface area contributed by atoms with Crippen LogP contribution in [0.1, 0.15) is 24.8 Å². The number of aryl methyl sites for hydroxylation is 1. The zero-order valence-electron chi connectivity index (χ0n) is 15.7. The molecule has 1 fully saturated rings. The fourth-order valence-electron chi connectivity index (χ4n) is 3.08. The van der Waals surface area contributed by atoms with Gasteiger partial charge in [-0.1, -0.05) is 12.5 Å². The van der Waals surface area contributed by atoms with Crippen LogP contribution in [0.4, 0.5) is 10.1 Å². The highest BCUT2D eigenvalue weighted by Gasteiger charge is 2.27. The van der Waals surface area contributed by atoms with Gasteiger partial charge in [0.2, 0.25) is 15.9 Å². The van der Waals surface area contributed by atoms with Crippen molar-refractivity contribution in [2.75, 3.05) is 24.2 Å². The number of carbonyl (C=O) groups is 1. The standard InChI is InChI=1S/C20H23FN2O3S2/c1-15-5-8-17(13-19(15)28(25,26)23-11-3-2-4-12-23)22-20(24)14-27-18-9-6-16(21)7-10-18/h5-10,13H,2-4,11-12,14H2,1H3,(H,22,24). The molecule has 1 amide bonds. The normalized spacial score (nSPS) is 15.4. The molecule has 0 atom stereocenters. The fraction of sp³-hybridized carbons (Fsp3) is 0.350. The highest BCUT2D eigenvalue weighted by molar-refractivity contribution is 8.00. The minimum atomic E-state index is -3.57. The quantitative estimate of drug-likeness (QED) is 0.714. The monoisotopic (exact) mass is 422 g/mol. The molecule has 1 N–H and O–H groups in total. The molecule has 2 aromatic carbocycles. The number of nitrogens with zero attached hydrogens (tertiary/aromatic N) is 1. The molecule has 0 aromatic heterocycles. The maximum Gasteiger partial charge on any atom is 0.243 e. The summed E-state index contributed by atoms with van der Waals surface area (Å²) in [6, 6.07) is 10.9. The smallest absolute Gasteiger partial charge is 0.243 e. The van der Waals surface area contributed by atoms with Crippen molar-refractivity contribution in [1.82, 2.24) is 4.31 Å².